The van der Waals surface area contributed by atoms with Crippen molar-refractivity contribution in [2.45, 2.75) is 0 Å². The second-order valence-electron chi connectivity index (χ2n) is 3.91. The van der Waals surface area contributed by atoms with Crippen LogP contribution in [0.4, 0.5) is 0 Å². The smallest absolute Gasteiger partial charge is 0.338 e. The third-order valence-corrected chi connectivity index (χ3v) is 3.52. The fourth-order valence-electron chi connectivity index (χ4n) is 1.68. The van der Waals surface area contributed by atoms with E-state index >= 15 is 0 Å². The molecule has 0 saturated heterocycles. The number of aromatic carboxylic acids is 1. The molecule has 3 rings (SSSR count). The third kappa shape index (κ3) is 2.28. The number of thiazole rings is 1. The molecule has 0 fully saturated rings. The zero-order valence-corrected chi connectivity index (χ0v) is 10.6. The highest BCUT2D eigenvalue weighted by Gasteiger charge is 2.13. The van der Waals surface area contributed by atoms with Gasteiger partial charge in [0, 0.05) is 17.0 Å². The molecule has 0 saturated carbocycles. The van der Waals surface area contributed by atoms with Crippen molar-refractivity contribution in [2.24, 2.45) is 0 Å². The fourth-order valence-corrected chi connectivity index (χ4v) is 2.50. The molecule has 94 valence electrons. The van der Waals surface area contributed by atoms with E-state index in [0.29, 0.717) is 11.5 Å². The van der Waals surface area contributed by atoms with E-state index in [4.69, 9.17) is 9.52 Å². The Morgan fingerprint density at radius 2 is 2.05 bits per heavy atom. The first-order chi connectivity index (χ1) is 9.24. The summed E-state index contributed by atoms with van der Waals surface area (Å²) in [6, 6.07) is 11.3. The summed E-state index contributed by atoms with van der Waals surface area (Å²) < 4.78 is 5.22. The third-order valence-electron chi connectivity index (χ3n) is 2.62. The molecule has 4 nitrogen and oxygen atoms in total. The van der Waals surface area contributed by atoms with Crippen LogP contribution in [0, 0.1) is 0 Å². The van der Waals surface area contributed by atoms with Crippen molar-refractivity contribution >= 4 is 17.3 Å². The Balaban J connectivity index is 1.94. The van der Waals surface area contributed by atoms with E-state index in [1.165, 1.54) is 23.7 Å². The number of hydrogen-bond donors (Lipinski definition) is 1. The molecule has 3 aromatic rings. The number of rotatable bonds is 3. The molecule has 0 aliphatic carbocycles. The van der Waals surface area contributed by atoms with Crippen molar-refractivity contribution in [3.05, 3.63) is 53.6 Å². The molecule has 19 heavy (non-hydrogen) atoms. The monoisotopic (exact) mass is 271 g/mol. The summed E-state index contributed by atoms with van der Waals surface area (Å²) in [5.41, 5.74) is 1.81. The maximum absolute atomic E-state index is 10.8. The van der Waals surface area contributed by atoms with E-state index in [1.54, 1.807) is 0 Å². The standard InChI is InChI=1S/C14H9NO3S/c16-14(17)10-6-12(18-7-10)11-8-19-13(15-11)9-4-2-1-3-5-9/h1-8H,(H,16,17). The highest BCUT2D eigenvalue weighted by atomic mass is 32.1. The van der Waals surface area contributed by atoms with E-state index < -0.39 is 5.97 Å². The second kappa shape index (κ2) is 4.70. The number of hydrogen-bond acceptors (Lipinski definition) is 4. The number of carbonyl (C=O) groups is 1. The highest BCUT2D eigenvalue weighted by molar-refractivity contribution is 7.13. The summed E-state index contributed by atoms with van der Waals surface area (Å²) in [5, 5.41) is 11.6. The number of carboxylic acids is 1. The maximum atomic E-state index is 10.8. The molecule has 0 amide bonds. The Bertz CT molecular complexity index is 715. The van der Waals surface area contributed by atoms with Crippen LogP contribution >= 0.6 is 11.3 Å². The van der Waals surface area contributed by atoms with Gasteiger partial charge in [0.05, 0.1) is 5.56 Å². The van der Waals surface area contributed by atoms with E-state index in [1.807, 2.05) is 35.7 Å². The van der Waals surface area contributed by atoms with Gasteiger partial charge in [-0.2, -0.15) is 0 Å². The Hall–Kier alpha value is -2.40. The number of benzene rings is 1. The number of nitrogens with zero attached hydrogens (tertiary/aromatic N) is 1. The Morgan fingerprint density at radius 3 is 2.74 bits per heavy atom. The first-order valence-corrected chi connectivity index (χ1v) is 6.45. The zero-order chi connectivity index (χ0) is 13.2. The van der Waals surface area contributed by atoms with Crippen LogP contribution in [-0.2, 0) is 0 Å². The van der Waals surface area contributed by atoms with Crippen molar-refractivity contribution < 1.29 is 14.3 Å². The summed E-state index contributed by atoms with van der Waals surface area (Å²) >= 11 is 1.50. The van der Waals surface area contributed by atoms with Crippen LogP contribution in [0.2, 0.25) is 0 Å². The highest BCUT2D eigenvalue weighted by Crippen LogP contribution is 2.29. The molecule has 0 atom stereocenters. The lowest BCUT2D eigenvalue weighted by molar-refractivity contribution is 0.0696. The lowest BCUT2D eigenvalue weighted by Gasteiger charge is -1.93. The first kappa shape index (κ1) is 11.7. The van der Waals surface area contributed by atoms with Crippen LogP contribution in [0.3, 0.4) is 0 Å². The van der Waals surface area contributed by atoms with E-state index in [9.17, 15) is 4.79 Å². The maximum Gasteiger partial charge on any atom is 0.338 e. The predicted molar refractivity (Wildman–Crippen MR) is 72.2 cm³/mol. The van der Waals surface area contributed by atoms with E-state index in [2.05, 4.69) is 4.98 Å². The first-order valence-electron chi connectivity index (χ1n) is 5.57. The van der Waals surface area contributed by atoms with Crippen LogP contribution < -0.4 is 0 Å². The summed E-state index contributed by atoms with van der Waals surface area (Å²) in [7, 11) is 0. The van der Waals surface area contributed by atoms with Crippen molar-refractivity contribution in [2.75, 3.05) is 0 Å². The SMILES string of the molecule is O=C(O)c1coc(-c2csc(-c3ccccc3)n2)c1. The van der Waals surface area contributed by atoms with Gasteiger partial charge in [0.15, 0.2) is 5.76 Å². The van der Waals surface area contributed by atoms with Crippen LogP contribution in [0.1, 0.15) is 10.4 Å². The molecular weight excluding hydrogens is 262 g/mol. The quantitative estimate of drug-likeness (QED) is 0.787. The number of carboxylic acid groups (broad SMARTS) is 1. The van der Waals surface area contributed by atoms with E-state index in [0.717, 1.165) is 10.6 Å². The molecular formula is C14H9NO3S. The molecule has 0 aliphatic rings. The average Bonchev–Trinajstić information content (AvgIpc) is 3.09. The van der Waals surface area contributed by atoms with Crippen molar-refractivity contribution in [1.29, 1.82) is 0 Å². The van der Waals surface area contributed by atoms with Gasteiger partial charge in [-0.3, -0.25) is 0 Å². The minimum atomic E-state index is -1.01. The van der Waals surface area contributed by atoms with Crippen molar-refractivity contribution in [3.8, 4) is 22.0 Å². The predicted octanol–water partition coefficient (Wildman–Crippen LogP) is 3.77. The average molecular weight is 271 g/mol. The van der Waals surface area contributed by atoms with Gasteiger partial charge >= 0.3 is 5.97 Å². The van der Waals surface area contributed by atoms with Gasteiger partial charge in [-0.15, -0.1) is 11.3 Å². The topological polar surface area (TPSA) is 63.3 Å². The van der Waals surface area contributed by atoms with Crippen molar-refractivity contribution in [1.82, 2.24) is 4.98 Å². The summed E-state index contributed by atoms with van der Waals surface area (Å²) in [6.45, 7) is 0. The van der Waals surface area contributed by atoms with E-state index in [-0.39, 0.29) is 5.56 Å². The molecule has 0 unspecified atom stereocenters. The Labute approximate surface area is 113 Å². The summed E-state index contributed by atoms with van der Waals surface area (Å²) in [5.74, 6) is -0.538. The summed E-state index contributed by atoms with van der Waals surface area (Å²) in [6.07, 6.45) is 1.22. The molecule has 0 spiro atoms. The van der Waals surface area contributed by atoms with Gasteiger partial charge < -0.3 is 9.52 Å². The van der Waals surface area contributed by atoms with Gasteiger partial charge in [-0.25, -0.2) is 9.78 Å². The van der Waals surface area contributed by atoms with Crippen LogP contribution in [0.5, 0.6) is 0 Å². The van der Waals surface area contributed by atoms with Crippen LogP contribution in [0.25, 0.3) is 22.0 Å². The Morgan fingerprint density at radius 1 is 1.26 bits per heavy atom. The van der Waals surface area contributed by atoms with Crippen LogP contribution in [-0.4, -0.2) is 16.1 Å². The molecule has 1 aromatic carbocycles. The van der Waals surface area contributed by atoms with Crippen LogP contribution in [0.15, 0.2) is 52.5 Å². The zero-order valence-electron chi connectivity index (χ0n) is 9.74. The molecule has 2 heterocycles. The molecule has 1 N–H and O–H groups in total. The van der Waals surface area contributed by atoms with Gasteiger partial charge in [-0.1, -0.05) is 30.3 Å². The minimum Gasteiger partial charge on any atom is -0.478 e. The number of aromatic nitrogens is 1. The summed E-state index contributed by atoms with van der Waals surface area (Å²) in [4.78, 5) is 15.2. The molecule has 0 aliphatic heterocycles. The van der Waals surface area contributed by atoms with Gasteiger partial charge in [0.1, 0.15) is 17.0 Å². The second-order valence-corrected chi connectivity index (χ2v) is 4.77. The Kier molecular flexibility index (Phi) is 2.89. The normalized spacial score (nSPS) is 10.5. The largest absolute Gasteiger partial charge is 0.478 e. The lowest BCUT2D eigenvalue weighted by Crippen LogP contribution is -1.91. The molecule has 0 radical (unpaired) electrons. The molecule has 0 bridgehead atoms. The minimum absolute atomic E-state index is 0.129. The van der Waals surface area contributed by atoms with Crippen molar-refractivity contribution in [3.63, 3.8) is 0 Å². The van der Waals surface area contributed by atoms with Gasteiger partial charge in [0.2, 0.25) is 0 Å². The molecule has 5 heteroatoms. The van der Waals surface area contributed by atoms with Gasteiger partial charge in [0.25, 0.3) is 0 Å². The number of furan rings is 1. The van der Waals surface area contributed by atoms with Gasteiger partial charge in [-0.05, 0) is 0 Å². The molecule has 2 aromatic heterocycles. The fraction of sp³-hybridized carbons (Fsp3) is 0. The lowest BCUT2D eigenvalue weighted by atomic mass is 10.2.